The van der Waals surface area contributed by atoms with Crippen LogP contribution in [0.3, 0.4) is 0 Å². The molecule has 0 spiro atoms. The molecule has 25 heavy (non-hydrogen) atoms. The number of nitriles is 3. The second-order valence-corrected chi connectivity index (χ2v) is 6.73. The maximum Gasteiger partial charge on any atom is 0.243 e. The summed E-state index contributed by atoms with van der Waals surface area (Å²) in [6.45, 7) is 3.45. The standard InChI is InChI=1S/C18H15ClN4O2/c1-3-14-16(8-20,9-21)17(10-22)11(2)18(24-14,25-15(17)23)12-4-6-13(19)7-5-12/h4-7,11,14,23H,3H2,1-2H3. The zero-order chi connectivity index (χ0) is 18.5. The predicted molar refractivity (Wildman–Crippen MR) is 88.0 cm³/mol. The van der Waals surface area contributed by atoms with Gasteiger partial charge in [-0.25, -0.2) is 0 Å². The highest BCUT2D eigenvalue weighted by atomic mass is 35.5. The topological polar surface area (TPSA) is 114 Å². The van der Waals surface area contributed by atoms with Crippen molar-refractivity contribution in [3.8, 4) is 18.2 Å². The summed E-state index contributed by atoms with van der Waals surface area (Å²) in [5, 5.41) is 38.5. The van der Waals surface area contributed by atoms with E-state index in [4.69, 9.17) is 26.5 Å². The van der Waals surface area contributed by atoms with Crippen LogP contribution in [0.1, 0.15) is 25.8 Å². The van der Waals surface area contributed by atoms with E-state index in [0.717, 1.165) is 0 Å². The van der Waals surface area contributed by atoms with Gasteiger partial charge in [0.05, 0.1) is 30.2 Å². The molecule has 4 unspecified atom stereocenters. The molecule has 0 radical (unpaired) electrons. The summed E-state index contributed by atoms with van der Waals surface area (Å²) < 4.78 is 11.9. The van der Waals surface area contributed by atoms with E-state index in [2.05, 4.69) is 6.07 Å². The zero-order valence-corrected chi connectivity index (χ0v) is 14.5. The molecule has 0 saturated carbocycles. The summed E-state index contributed by atoms with van der Waals surface area (Å²) in [5.74, 6) is -2.55. The lowest BCUT2D eigenvalue weighted by Gasteiger charge is -2.48. The fraction of sp³-hybridized carbons (Fsp3) is 0.444. The van der Waals surface area contributed by atoms with Crippen molar-refractivity contribution in [3.63, 3.8) is 0 Å². The molecule has 2 aliphatic heterocycles. The molecule has 2 bridgehead atoms. The lowest BCUT2D eigenvalue weighted by molar-refractivity contribution is -0.285. The first-order valence-electron chi connectivity index (χ1n) is 7.84. The first kappa shape index (κ1) is 17.2. The number of rotatable bonds is 2. The molecule has 2 saturated heterocycles. The fourth-order valence-corrected chi connectivity index (χ4v) is 4.16. The molecule has 3 rings (SSSR count). The van der Waals surface area contributed by atoms with E-state index in [-0.39, 0.29) is 0 Å². The number of benzene rings is 1. The van der Waals surface area contributed by atoms with E-state index < -0.39 is 34.5 Å². The summed E-state index contributed by atoms with van der Waals surface area (Å²) in [4.78, 5) is 0. The molecule has 2 fully saturated rings. The van der Waals surface area contributed by atoms with Crippen LogP contribution in [0.4, 0.5) is 0 Å². The van der Waals surface area contributed by atoms with Gasteiger partial charge in [-0.2, -0.15) is 15.8 Å². The van der Waals surface area contributed by atoms with E-state index in [9.17, 15) is 15.8 Å². The minimum Gasteiger partial charge on any atom is -0.443 e. The van der Waals surface area contributed by atoms with Gasteiger partial charge in [-0.3, -0.25) is 5.41 Å². The quantitative estimate of drug-likeness (QED) is 0.873. The van der Waals surface area contributed by atoms with Crippen molar-refractivity contribution in [3.05, 3.63) is 34.9 Å². The maximum atomic E-state index is 9.98. The van der Waals surface area contributed by atoms with Gasteiger partial charge in [-0.15, -0.1) is 0 Å². The molecule has 6 nitrogen and oxygen atoms in total. The molecule has 2 heterocycles. The molecule has 126 valence electrons. The number of fused-ring (bicyclic) bond motifs is 2. The smallest absolute Gasteiger partial charge is 0.243 e. The van der Waals surface area contributed by atoms with Gasteiger partial charge in [0.1, 0.15) is 0 Å². The lowest BCUT2D eigenvalue weighted by atomic mass is 9.54. The van der Waals surface area contributed by atoms with E-state index >= 15 is 0 Å². The molecule has 1 aromatic carbocycles. The van der Waals surface area contributed by atoms with E-state index in [1.165, 1.54) is 0 Å². The van der Waals surface area contributed by atoms with Crippen LogP contribution in [0, 0.1) is 56.2 Å². The Morgan fingerprint density at radius 1 is 1.16 bits per heavy atom. The van der Waals surface area contributed by atoms with Crippen molar-refractivity contribution in [1.82, 2.24) is 0 Å². The fourth-order valence-electron chi connectivity index (χ4n) is 4.03. The van der Waals surface area contributed by atoms with Gasteiger partial charge in [0.2, 0.25) is 11.7 Å². The van der Waals surface area contributed by atoms with Crippen LogP contribution in [0.2, 0.25) is 5.02 Å². The Morgan fingerprint density at radius 2 is 1.76 bits per heavy atom. The van der Waals surface area contributed by atoms with Gasteiger partial charge < -0.3 is 9.47 Å². The third kappa shape index (κ3) is 1.78. The Balaban J connectivity index is 2.31. The SMILES string of the molecule is CCC1OC2(c3ccc(Cl)cc3)OC(=N)C(C#N)(C2C)C1(C#N)C#N. The summed E-state index contributed by atoms with van der Waals surface area (Å²) in [6, 6.07) is 12.8. The van der Waals surface area contributed by atoms with Gasteiger partial charge in [0.25, 0.3) is 0 Å². The summed E-state index contributed by atoms with van der Waals surface area (Å²) in [6.07, 6.45) is -0.555. The number of hydrogen-bond donors (Lipinski definition) is 1. The monoisotopic (exact) mass is 354 g/mol. The van der Waals surface area contributed by atoms with E-state index in [1.807, 2.05) is 12.1 Å². The van der Waals surface area contributed by atoms with Crippen molar-refractivity contribution < 1.29 is 9.47 Å². The predicted octanol–water partition coefficient (Wildman–Crippen LogP) is 3.49. The summed E-state index contributed by atoms with van der Waals surface area (Å²) >= 11 is 5.95. The molecule has 1 N–H and O–H groups in total. The molecule has 0 aliphatic carbocycles. The van der Waals surface area contributed by atoms with Gasteiger partial charge in [0, 0.05) is 10.6 Å². The Labute approximate surface area is 150 Å². The first-order valence-corrected chi connectivity index (χ1v) is 8.22. The van der Waals surface area contributed by atoms with Crippen molar-refractivity contribution in [2.45, 2.75) is 32.2 Å². The molecule has 0 aromatic heterocycles. The maximum absolute atomic E-state index is 9.98. The Hall–Kier alpha value is -2.59. The van der Waals surface area contributed by atoms with Crippen LogP contribution in [0.5, 0.6) is 0 Å². The van der Waals surface area contributed by atoms with Crippen LogP contribution in [0.15, 0.2) is 24.3 Å². The second kappa shape index (κ2) is 5.46. The minimum atomic E-state index is -1.82. The van der Waals surface area contributed by atoms with Crippen LogP contribution < -0.4 is 0 Å². The molecule has 2 aliphatic rings. The van der Waals surface area contributed by atoms with Crippen molar-refractivity contribution >= 4 is 17.5 Å². The average Bonchev–Trinajstić information content (AvgIpc) is 2.79. The first-order chi connectivity index (χ1) is 11.9. The number of ether oxygens (including phenoxy) is 2. The molecule has 0 amide bonds. The Bertz CT molecular complexity index is 849. The Kier molecular flexibility index (Phi) is 3.77. The van der Waals surface area contributed by atoms with Crippen LogP contribution in [-0.4, -0.2) is 12.0 Å². The van der Waals surface area contributed by atoms with Gasteiger partial charge >= 0.3 is 0 Å². The largest absolute Gasteiger partial charge is 0.443 e. The van der Waals surface area contributed by atoms with Crippen molar-refractivity contribution in [1.29, 1.82) is 21.2 Å². The molecule has 4 atom stereocenters. The highest BCUT2D eigenvalue weighted by molar-refractivity contribution is 6.30. The molecule has 7 heteroatoms. The highest BCUT2D eigenvalue weighted by Crippen LogP contribution is 2.65. The highest BCUT2D eigenvalue weighted by Gasteiger charge is 2.79. The molecular weight excluding hydrogens is 340 g/mol. The average molecular weight is 355 g/mol. The molecular formula is C18H15ClN4O2. The number of nitrogens with one attached hydrogen (secondary N) is 1. The van der Waals surface area contributed by atoms with Gasteiger partial charge in [-0.1, -0.05) is 37.6 Å². The Morgan fingerprint density at radius 3 is 2.24 bits per heavy atom. The van der Waals surface area contributed by atoms with Crippen LogP contribution >= 0.6 is 11.6 Å². The van der Waals surface area contributed by atoms with E-state index in [0.29, 0.717) is 17.0 Å². The second-order valence-electron chi connectivity index (χ2n) is 6.29. The minimum absolute atomic E-state index is 0.323. The number of hydrogen-bond acceptors (Lipinski definition) is 6. The normalized spacial score (nSPS) is 35.1. The van der Waals surface area contributed by atoms with Gasteiger partial charge in [0.15, 0.2) is 10.8 Å². The summed E-state index contributed by atoms with van der Waals surface area (Å²) in [7, 11) is 0. The van der Waals surface area contributed by atoms with Crippen molar-refractivity contribution in [2.75, 3.05) is 0 Å². The molecule has 1 aromatic rings. The van der Waals surface area contributed by atoms with Crippen molar-refractivity contribution in [2.24, 2.45) is 16.7 Å². The third-order valence-corrected chi connectivity index (χ3v) is 5.65. The lowest BCUT2D eigenvalue weighted by Crippen LogP contribution is -2.60. The summed E-state index contributed by atoms with van der Waals surface area (Å²) in [5.41, 5.74) is -2.94. The van der Waals surface area contributed by atoms with Gasteiger partial charge in [-0.05, 0) is 18.6 Å². The van der Waals surface area contributed by atoms with Crippen LogP contribution in [0.25, 0.3) is 0 Å². The number of halogens is 1. The van der Waals surface area contributed by atoms with E-state index in [1.54, 1.807) is 38.1 Å². The number of nitrogens with zero attached hydrogens (tertiary/aromatic N) is 3. The van der Waals surface area contributed by atoms with Crippen LogP contribution in [-0.2, 0) is 15.3 Å². The zero-order valence-electron chi connectivity index (χ0n) is 13.7. The third-order valence-electron chi connectivity index (χ3n) is 5.40.